The summed E-state index contributed by atoms with van der Waals surface area (Å²) in [6, 6.07) is 14.5. The van der Waals surface area contributed by atoms with E-state index in [4.69, 9.17) is 10.2 Å². The van der Waals surface area contributed by atoms with Gasteiger partial charge in [0.2, 0.25) is 0 Å². The predicted molar refractivity (Wildman–Crippen MR) is 78.2 cm³/mol. The van der Waals surface area contributed by atoms with Gasteiger partial charge in [-0.1, -0.05) is 36.4 Å². The highest BCUT2D eigenvalue weighted by molar-refractivity contribution is 5.89. The molecule has 1 heterocycles. The Kier molecular flexibility index (Phi) is 2.88. The second-order valence-electron chi connectivity index (χ2n) is 4.99. The second-order valence-corrected chi connectivity index (χ2v) is 4.99. The van der Waals surface area contributed by atoms with Crippen LogP contribution in [-0.2, 0) is 0 Å². The van der Waals surface area contributed by atoms with Gasteiger partial charge in [0.05, 0.1) is 12.3 Å². The molecule has 1 unspecified atom stereocenters. The predicted octanol–water partition coefficient (Wildman–Crippen LogP) is 4.10. The van der Waals surface area contributed by atoms with E-state index in [1.807, 2.05) is 13.0 Å². The minimum atomic E-state index is -0.150. The molecule has 0 aliphatic heterocycles. The second kappa shape index (κ2) is 4.56. The molecule has 3 rings (SSSR count). The van der Waals surface area contributed by atoms with Crippen molar-refractivity contribution < 1.29 is 4.42 Å². The Morgan fingerprint density at radius 1 is 1.00 bits per heavy atom. The molecule has 2 nitrogen and oxygen atoms in total. The SMILES string of the molecule is Cc1cc(C(N)c2ccc(C)c3ccccc23)co1. The summed E-state index contributed by atoms with van der Waals surface area (Å²) >= 11 is 0. The van der Waals surface area contributed by atoms with Crippen molar-refractivity contribution in [3.63, 3.8) is 0 Å². The first-order valence-corrected chi connectivity index (χ1v) is 6.45. The van der Waals surface area contributed by atoms with E-state index in [1.165, 1.54) is 16.3 Å². The van der Waals surface area contributed by atoms with Crippen molar-refractivity contribution >= 4 is 10.8 Å². The first-order valence-electron chi connectivity index (χ1n) is 6.45. The van der Waals surface area contributed by atoms with Gasteiger partial charge in [-0.3, -0.25) is 0 Å². The van der Waals surface area contributed by atoms with Crippen LogP contribution < -0.4 is 5.73 Å². The molecule has 2 aromatic carbocycles. The lowest BCUT2D eigenvalue weighted by Gasteiger charge is -2.14. The molecule has 0 saturated heterocycles. The Morgan fingerprint density at radius 2 is 1.74 bits per heavy atom. The number of benzene rings is 2. The van der Waals surface area contributed by atoms with Crippen LogP contribution in [0.2, 0.25) is 0 Å². The Morgan fingerprint density at radius 3 is 2.42 bits per heavy atom. The van der Waals surface area contributed by atoms with Crippen LogP contribution in [0.25, 0.3) is 10.8 Å². The van der Waals surface area contributed by atoms with Crippen molar-refractivity contribution in [1.82, 2.24) is 0 Å². The van der Waals surface area contributed by atoms with Crippen molar-refractivity contribution in [1.29, 1.82) is 0 Å². The summed E-state index contributed by atoms with van der Waals surface area (Å²) < 4.78 is 5.36. The van der Waals surface area contributed by atoms with E-state index >= 15 is 0 Å². The molecule has 1 atom stereocenters. The number of aryl methyl sites for hydroxylation is 2. The highest BCUT2D eigenvalue weighted by Gasteiger charge is 2.14. The third-order valence-corrected chi connectivity index (χ3v) is 3.62. The summed E-state index contributed by atoms with van der Waals surface area (Å²) in [4.78, 5) is 0. The van der Waals surface area contributed by atoms with Crippen LogP contribution in [0.15, 0.2) is 53.1 Å². The normalized spacial score (nSPS) is 12.8. The van der Waals surface area contributed by atoms with Gasteiger partial charge in [-0.25, -0.2) is 0 Å². The number of furan rings is 1. The molecule has 19 heavy (non-hydrogen) atoms. The minimum absolute atomic E-state index is 0.150. The number of hydrogen-bond acceptors (Lipinski definition) is 2. The highest BCUT2D eigenvalue weighted by Crippen LogP contribution is 2.29. The van der Waals surface area contributed by atoms with Crippen molar-refractivity contribution in [2.24, 2.45) is 5.73 Å². The fourth-order valence-electron chi connectivity index (χ4n) is 2.55. The summed E-state index contributed by atoms with van der Waals surface area (Å²) in [5.41, 5.74) is 9.82. The van der Waals surface area contributed by atoms with Crippen molar-refractivity contribution in [3.05, 3.63) is 71.2 Å². The summed E-state index contributed by atoms with van der Waals surface area (Å²) in [5, 5.41) is 2.48. The molecular formula is C17H17NO. The minimum Gasteiger partial charge on any atom is -0.469 e. The third kappa shape index (κ3) is 2.04. The van der Waals surface area contributed by atoms with Gasteiger partial charge >= 0.3 is 0 Å². The third-order valence-electron chi connectivity index (χ3n) is 3.62. The van der Waals surface area contributed by atoms with E-state index in [0.29, 0.717) is 0 Å². The molecule has 0 fully saturated rings. The van der Waals surface area contributed by atoms with Gasteiger partial charge in [-0.2, -0.15) is 0 Å². The molecule has 2 heteroatoms. The maximum Gasteiger partial charge on any atom is 0.101 e. The molecule has 0 aliphatic carbocycles. The van der Waals surface area contributed by atoms with Gasteiger partial charge in [0.15, 0.2) is 0 Å². The monoisotopic (exact) mass is 251 g/mol. The Balaban J connectivity index is 2.18. The van der Waals surface area contributed by atoms with Gasteiger partial charge in [0.25, 0.3) is 0 Å². The van der Waals surface area contributed by atoms with Crippen molar-refractivity contribution in [2.45, 2.75) is 19.9 Å². The van der Waals surface area contributed by atoms with Crippen LogP contribution in [0.1, 0.15) is 28.5 Å². The van der Waals surface area contributed by atoms with E-state index in [2.05, 4.69) is 43.3 Å². The topological polar surface area (TPSA) is 39.2 Å². The van der Waals surface area contributed by atoms with E-state index in [-0.39, 0.29) is 6.04 Å². The zero-order valence-electron chi connectivity index (χ0n) is 11.2. The summed E-state index contributed by atoms with van der Waals surface area (Å²) in [6.45, 7) is 4.06. The molecule has 0 spiro atoms. The molecular weight excluding hydrogens is 234 g/mol. The van der Waals surface area contributed by atoms with E-state index < -0.39 is 0 Å². The van der Waals surface area contributed by atoms with E-state index in [0.717, 1.165) is 16.9 Å². The lowest BCUT2D eigenvalue weighted by molar-refractivity contribution is 0.530. The van der Waals surface area contributed by atoms with Gasteiger partial charge in [0, 0.05) is 5.56 Å². The number of hydrogen-bond donors (Lipinski definition) is 1. The summed E-state index contributed by atoms with van der Waals surface area (Å²) in [7, 11) is 0. The molecule has 0 aliphatic rings. The molecule has 0 saturated carbocycles. The standard InChI is InChI=1S/C17H17NO/c1-11-7-8-16(15-6-4-3-5-14(11)15)17(18)13-9-12(2)19-10-13/h3-10,17H,18H2,1-2H3. The van der Waals surface area contributed by atoms with Crippen LogP contribution >= 0.6 is 0 Å². The van der Waals surface area contributed by atoms with Gasteiger partial charge in [-0.15, -0.1) is 0 Å². The van der Waals surface area contributed by atoms with Crippen molar-refractivity contribution in [3.8, 4) is 0 Å². The molecule has 1 aromatic heterocycles. The fraction of sp³-hybridized carbons (Fsp3) is 0.176. The molecule has 96 valence electrons. The average molecular weight is 251 g/mol. The smallest absolute Gasteiger partial charge is 0.101 e. The molecule has 3 aromatic rings. The summed E-state index contributed by atoms with van der Waals surface area (Å²) in [6.07, 6.45) is 1.74. The quantitative estimate of drug-likeness (QED) is 0.744. The lowest BCUT2D eigenvalue weighted by atomic mass is 9.93. The first kappa shape index (κ1) is 12.0. The first-order chi connectivity index (χ1) is 9.16. The molecule has 0 radical (unpaired) electrons. The lowest BCUT2D eigenvalue weighted by Crippen LogP contribution is -2.11. The van der Waals surface area contributed by atoms with Crippen LogP contribution in [-0.4, -0.2) is 0 Å². The molecule has 0 amide bonds. The van der Waals surface area contributed by atoms with Gasteiger partial charge in [0.1, 0.15) is 5.76 Å². The highest BCUT2D eigenvalue weighted by atomic mass is 16.3. The number of fused-ring (bicyclic) bond motifs is 1. The Hall–Kier alpha value is -2.06. The molecule has 0 bridgehead atoms. The van der Waals surface area contributed by atoms with Crippen LogP contribution in [0.5, 0.6) is 0 Å². The van der Waals surface area contributed by atoms with E-state index in [9.17, 15) is 0 Å². The van der Waals surface area contributed by atoms with Gasteiger partial charge in [-0.05, 0) is 41.8 Å². The largest absolute Gasteiger partial charge is 0.469 e. The Bertz CT molecular complexity index is 727. The van der Waals surface area contributed by atoms with Crippen LogP contribution in [0.4, 0.5) is 0 Å². The van der Waals surface area contributed by atoms with Crippen LogP contribution in [0.3, 0.4) is 0 Å². The number of rotatable bonds is 2. The maximum atomic E-state index is 6.39. The van der Waals surface area contributed by atoms with Crippen LogP contribution in [0, 0.1) is 13.8 Å². The summed E-state index contributed by atoms with van der Waals surface area (Å²) in [5.74, 6) is 0.891. The van der Waals surface area contributed by atoms with E-state index in [1.54, 1.807) is 6.26 Å². The Labute approximate surface area is 112 Å². The average Bonchev–Trinajstić information content (AvgIpc) is 2.86. The number of nitrogens with two attached hydrogens (primary N) is 1. The zero-order chi connectivity index (χ0) is 13.4. The maximum absolute atomic E-state index is 6.39. The fourth-order valence-corrected chi connectivity index (χ4v) is 2.55. The van der Waals surface area contributed by atoms with Gasteiger partial charge < -0.3 is 10.2 Å². The molecule has 2 N–H and O–H groups in total. The van der Waals surface area contributed by atoms with Crippen molar-refractivity contribution in [2.75, 3.05) is 0 Å². The zero-order valence-corrected chi connectivity index (χ0v) is 11.2.